The van der Waals surface area contributed by atoms with Gasteiger partial charge in [-0.2, -0.15) is 0 Å². The van der Waals surface area contributed by atoms with Crippen molar-refractivity contribution < 1.29 is 43.3 Å². The van der Waals surface area contributed by atoms with Crippen LogP contribution in [0.3, 0.4) is 0 Å². The van der Waals surface area contributed by atoms with E-state index in [1.807, 2.05) is 54.6 Å². The highest BCUT2D eigenvalue weighted by Gasteiger charge is 2.30. The molecule has 4 aromatic rings. The Labute approximate surface area is 289 Å². The standard InChI is InChI=1S/C39H38N2O9/c42-35(27-15-5-2-6-16-27)25-48-37(45)34(41-39(47)49-23-26-13-3-1-4-14-26)22-12-11-21-33(36(43)44)40-38(46)50-24-32-30-19-9-7-17-28(30)29-18-8-10-20-31(29)32/h1-10,13-20,32-34H,11-12,21-25H2,(H,40,46)(H,41,47)(H,43,44)/t33-,34-/m0/s1. The number of carboxylic acid groups (broad SMARTS) is 1. The quantitative estimate of drug-likeness (QED) is 0.0539. The number of alkyl carbamates (subject to hydrolysis) is 2. The maximum atomic E-state index is 13.0. The number of ketones is 1. The van der Waals surface area contributed by atoms with E-state index < -0.39 is 48.6 Å². The van der Waals surface area contributed by atoms with Crippen molar-refractivity contribution in [1.29, 1.82) is 0 Å². The summed E-state index contributed by atoms with van der Waals surface area (Å²) in [4.78, 5) is 62.8. The van der Waals surface area contributed by atoms with E-state index in [1.165, 1.54) is 0 Å². The molecule has 2 amide bonds. The maximum Gasteiger partial charge on any atom is 0.408 e. The van der Waals surface area contributed by atoms with Gasteiger partial charge in [0.1, 0.15) is 25.3 Å². The molecule has 0 unspecified atom stereocenters. The summed E-state index contributed by atoms with van der Waals surface area (Å²) in [6.07, 6.45) is -1.06. The Morgan fingerprint density at radius 1 is 0.620 bits per heavy atom. The molecule has 4 aromatic carbocycles. The van der Waals surface area contributed by atoms with E-state index in [0.29, 0.717) is 5.56 Å². The van der Waals surface area contributed by atoms with Crippen LogP contribution in [-0.2, 0) is 30.4 Å². The van der Waals surface area contributed by atoms with Crippen molar-refractivity contribution in [2.45, 2.75) is 50.3 Å². The molecule has 5 rings (SSSR count). The summed E-state index contributed by atoms with van der Waals surface area (Å²) in [5.41, 5.74) is 5.33. The van der Waals surface area contributed by atoms with Crippen molar-refractivity contribution in [2.24, 2.45) is 0 Å². The lowest BCUT2D eigenvalue weighted by Gasteiger charge is -2.19. The average Bonchev–Trinajstić information content (AvgIpc) is 3.46. The van der Waals surface area contributed by atoms with Gasteiger partial charge in [0, 0.05) is 11.5 Å². The molecule has 0 spiro atoms. The Balaban J connectivity index is 1.12. The van der Waals surface area contributed by atoms with E-state index in [-0.39, 0.29) is 44.8 Å². The second-order valence-corrected chi connectivity index (χ2v) is 11.8. The number of aliphatic carboxylic acids is 1. The van der Waals surface area contributed by atoms with E-state index in [9.17, 15) is 29.1 Å². The molecular formula is C39H38N2O9. The Morgan fingerprint density at radius 3 is 1.76 bits per heavy atom. The zero-order chi connectivity index (χ0) is 35.3. The number of carbonyl (C=O) groups excluding carboxylic acids is 4. The number of carboxylic acids is 1. The van der Waals surface area contributed by atoms with Gasteiger partial charge in [-0.15, -0.1) is 0 Å². The third-order valence-electron chi connectivity index (χ3n) is 8.40. The third kappa shape index (κ3) is 9.56. The number of carbonyl (C=O) groups is 5. The van der Waals surface area contributed by atoms with Crippen LogP contribution in [0.5, 0.6) is 0 Å². The molecule has 11 heteroatoms. The molecule has 50 heavy (non-hydrogen) atoms. The molecule has 2 atom stereocenters. The van der Waals surface area contributed by atoms with E-state index in [2.05, 4.69) is 10.6 Å². The molecule has 1 aliphatic carbocycles. The van der Waals surface area contributed by atoms with Crippen molar-refractivity contribution in [3.8, 4) is 11.1 Å². The van der Waals surface area contributed by atoms with Crippen molar-refractivity contribution >= 4 is 29.9 Å². The highest BCUT2D eigenvalue weighted by molar-refractivity contribution is 5.98. The number of benzene rings is 4. The maximum absolute atomic E-state index is 13.0. The van der Waals surface area contributed by atoms with Crippen molar-refractivity contribution in [3.63, 3.8) is 0 Å². The third-order valence-corrected chi connectivity index (χ3v) is 8.40. The van der Waals surface area contributed by atoms with Crippen LogP contribution in [0.2, 0.25) is 0 Å². The topological polar surface area (TPSA) is 157 Å². The number of hydrogen-bond donors (Lipinski definition) is 3. The molecule has 0 saturated heterocycles. The first-order chi connectivity index (χ1) is 24.3. The zero-order valence-electron chi connectivity index (χ0n) is 27.3. The van der Waals surface area contributed by atoms with Gasteiger partial charge in [-0.25, -0.2) is 19.2 Å². The summed E-state index contributed by atoms with van der Waals surface area (Å²) in [6.45, 7) is -0.511. The van der Waals surface area contributed by atoms with Crippen LogP contribution in [-0.4, -0.2) is 60.3 Å². The lowest BCUT2D eigenvalue weighted by molar-refractivity contribution is -0.145. The normalized spacial score (nSPS) is 12.8. The zero-order valence-corrected chi connectivity index (χ0v) is 27.3. The molecule has 0 radical (unpaired) electrons. The minimum absolute atomic E-state index is 0.0250. The highest BCUT2D eigenvalue weighted by atomic mass is 16.6. The first kappa shape index (κ1) is 35.3. The fraction of sp³-hybridized carbons (Fsp3) is 0.256. The van der Waals surface area contributed by atoms with Gasteiger partial charge in [-0.1, -0.05) is 122 Å². The van der Waals surface area contributed by atoms with Crippen LogP contribution < -0.4 is 10.6 Å². The largest absolute Gasteiger partial charge is 0.480 e. The van der Waals surface area contributed by atoms with Crippen LogP contribution in [0.4, 0.5) is 9.59 Å². The fourth-order valence-corrected chi connectivity index (χ4v) is 5.84. The van der Waals surface area contributed by atoms with E-state index in [4.69, 9.17) is 14.2 Å². The summed E-state index contributed by atoms with van der Waals surface area (Å²) >= 11 is 0. The summed E-state index contributed by atoms with van der Waals surface area (Å²) in [6, 6.07) is 30.7. The van der Waals surface area contributed by atoms with Gasteiger partial charge < -0.3 is 30.0 Å². The lowest BCUT2D eigenvalue weighted by atomic mass is 9.98. The summed E-state index contributed by atoms with van der Waals surface area (Å²) in [5.74, 6) is -2.66. The molecule has 258 valence electrons. The Bertz CT molecular complexity index is 1750. The predicted molar refractivity (Wildman–Crippen MR) is 183 cm³/mol. The van der Waals surface area contributed by atoms with Crippen LogP contribution in [0.1, 0.15) is 58.6 Å². The summed E-state index contributed by atoms with van der Waals surface area (Å²) < 4.78 is 16.0. The van der Waals surface area contributed by atoms with Crippen molar-refractivity contribution in [2.75, 3.05) is 13.2 Å². The van der Waals surface area contributed by atoms with E-state index >= 15 is 0 Å². The molecule has 3 N–H and O–H groups in total. The number of nitrogens with one attached hydrogen (secondary N) is 2. The van der Waals surface area contributed by atoms with Crippen LogP contribution in [0.25, 0.3) is 11.1 Å². The summed E-state index contributed by atoms with van der Waals surface area (Å²) in [5, 5.41) is 14.7. The Morgan fingerprint density at radius 2 is 1.14 bits per heavy atom. The molecular weight excluding hydrogens is 640 g/mol. The molecule has 0 aromatic heterocycles. The second kappa shape index (κ2) is 17.4. The number of unbranched alkanes of at least 4 members (excludes halogenated alkanes) is 1. The van der Waals surface area contributed by atoms with Gasteiger partial charge in [0.2, 0.25) is 0 Å². The highest BCUT2D eigenvalue weighted by Crippen LogP contribution is 2.44. The SMILES string of the molecule is O=C(N[C@@H](CCCC[C@H](NC(=O)OCc1ccccc1)C(=O)OCC(=O)c1ccccc1)C(=O)O)OCC1c2ccccc2-c2ccccc21. The Kier molecular flexibility index (Phi) is 12.3. The summed E-state index contributed by atoms with van der Waals surface area (Å²) in [7, 11) is 0. The monoisotopic (exact) mass is 678 g/mol. The number of hydrogen-bond acceptors (Lipinski definition) is 8. The van der Waals surface area contributed by atoms with Gasteiger partial charge in [0.15, 0.2) is 12.4 Å². The van der Waals surface area contributed by atoms with Gasteiger partial charge >= 0.3 is 24.1 Å². The number of fused-ring (bicyclic) bond motifs is 3. The van der Waals surface area contributed by atoms with E-state index in [0.717, 1.165) is 27.8 Å². The van der Waals surface area contributed by atoms with Crippen molar-refractivity contribution in [1.82, 2.24) is 10.6 Å². The number of rotatable bonds is 16. The number of ether oxygens (including phenoxy) is 3. The average molecular weight is 679 g/mol. The molecule has 0 aliphatic heterocycles. The molecule has 0 saturated carbocycles. The molecule has 0 fully saturated rings. The van der Waals surface area contributed by atoms with Gasteiger partial charge in [-0.3, -0.25) is 4.79 Å². The fourth-order valence-electron chi connectivity index (χ4n) is 5.84. The molecule has 0 bridgehead atoms. The van der Waals surface area contributed by atoms with Crippen LogP contribution >= 0.6 is 0 Å². The molecule has 0 heterocycles. The van der Waals surface area contributed by atoms with Gasteiger partial charge in [-0.05, 0) is 40.7 Å². The van der Waals surface area contributed by atoms with Crippen LogP contribution in [0.15, 0.2) is 109 Å². The van der Waals surface area contributed by atoms with Crippen molar-refractivity contribution in [3.05, 3.63) is 131 Å². The lowest BCUT2D eigenvalue weighted by Crippen LogP contribution is -2.43. The van der Waals surface area contributed by atoms with Crippen LogP contribution in [0, 0.1) is 0 Å². The van der Waals surface area contributed by atoms with Gasteiger partial charge in [0.05, 0.1) is 0 Å². The number of esters is 1. The Hall–Kier alpha value is -5.97. The number of amides is 2. The second-order valence-electron chi connectivity index (χ2n) is 11.8. The smallest absolute Gasteiger partial charge is 0.408 e. The predicted octanol–water partition coefficient (Wildman–Crippen LogP) is 6.26. The molecule has 11 nitrogen and oxygen atoms in total. The first-order valence-electron chi connectivity index (χ1n) is 16.4. The minimum atomic E-state index is -1.25. The van der Waals surface area contributed by atoms with E-state index in [1.54, 1.807) is 54.6 Å². The number of Topliss-reactive ketones (excluding diaryl/α,β-unsaturated/α-hetero) is 1. The molecule has 1 aliphatic rings. The first-order valence-corrected chi connectivity index (χ1v) is 16.4. The van der Waals surface area contributed by atoms with Gasteiger partial charge in [0.25, 0.3) is 0 Å². The minimum Gasteiger partial charge on any atom is -0.480 e.